The van der Waals surface area contributed by atoms with Crippen LogP contribution in [0, 0.1) is 5.92 Å². The van der Waals surface area contributed by atoms with Crippen LogP contribution in [0.3, 0.4) is 0 Å². The van der Waals surface area contributed by atoms with E-state index in [0.717, 1.165) is 37.2 Å². The van der Waals surface area contributed by atoms with Crippen LogP contribution in [0.1, 0.15) is 32.6 Å². The lowest BCUT2D eigenvalue weighted by Crippen LogP contribution is -2.11. The van der Waals surface area contributed by atoms with Crippen LogP contribution < -0.4 is 9.47 Å². The molecule has 1 fully saturated rings. The molecule has 1 saturated carbocycles. The molecule has 0 bridgehead atoms. The van der Waals surface area contributed by atoms with Crippen molar-refractivity contribution in [3.63, 3.8) is 0 Å². The van der Waals surface area contributed by atoms with Crippen molar-refractivity contribution < 1.29 is 14.3 Å². The summed E-state index contributed by atoms with van der Waals surface area (Å²) >= 11 is 0. The first-order chi connectivity index (χ1) is 8.79. The molecule has 1 unspecified atom stereocenters. The Bertz CT molecular complexity index is 383. The molecular weight excluding hydrogens is 228 g/mol. The standard InChI is InChI=1S/C15H20O3/c1-2-17-13-6-8-14(9-7-13)18-11-10-12-4-3-5-15(12)16/h6-9,12H,2-5,10-11H2,1H3. The molecule has 18 heavy (non-hydrogen) atoms. The van der Waals surface area contributed by atoms with E-state index >= 15 is 0 Å². The first-order valence-electron chi connectivity index (χ1n) is 6.68. The Hall–Kier alpha value is -1.51. The van der Waals surface area contributed by atoms with E-state index < -0.39 is 0 Å². The van der Waals surface area contributed by atoms with Gasteiger partial charge in [-0.2, -0.15) is 0 Å². The van der Waals surface area contributed by atoms with E-state index in [1.165, 1.54) is 0 Å². The van der Waals surface area contributed by atoms with Crippen LogP contribution in [-0.2, 0) is 4.79 Å². The maximum atomic E-state index is 11.5. The van der Waals surface area contributed by atoms with Crippen LogP contribution >= 0.6 is 0 Å². The Balaban J connectivity index is 1.74. The topological polar surface area (TPSA) is 35.5 Å². The van der Waals surface area contributed by atoms with Gasteiger partial charge in [-0.05, 0) is 50.5 Å². The van der Waals surface area contributed by atoms with Crippen molar-refractivity contribution >= 4 is 5.78 Å². The number of ether oxygens (including phenoxy) is 2. The van der Waals surface area contributed by atoms with Crippen LogP contribution in [0.15, 0.2) is 24.3 Å². The maximum absolute atomic E-state index is 11.5. The Morgan fingerprint density at radius 2 is 1.83 bits per heavy atom. The van der Waals surface area contributed by atoms with Gasteiger partial charge in [0, 0.05) is 12.3 Å². The average Bonchev–Trinajstić information content (AvgIpc) is 2.78. The number of ketones is 1. The number of benzene rings is 1. The van der Waals surface area contributed by atoms with Crippen molar-refractivity contribution in [3.05, 3.63) is 24.3 Å². The molecule has 3 heteroatoms. The van der Waals surface area contributed by atoms with Crippen molar-refractivity contribution in [3.8, 4) is 11.5 Å². The van der Waals surface area contributed by atoms with E-state index in [0.29, 0.717) is 19.0 Å². The van der Waals surface area contributed by atoms with Gasteiger partial charge in [0.1, 0.15) is 17.3 Å². The van der Waals surface area contributed by atoms with Crippen molar-refractivity contribution in [2.45, 2.75) is 32.6 Å². The molecule has 0 saturated heterocycles. The zero-order valence-electron chi connectivity index (χ0n) is 10.9. The second kappa shape index (κ2) is 6.43. The fraction of sp³-hybridized carbons (Fsp3) is 0.533. The smallest absolute Gasteiger partial charge is 0.136 e. The van der Waals surface area contributed by atoms with Gasteiger partial charge in [0.2, 0.25) is 0 Å². The van der Waals surface area contributed by atoms with Gasteiger partial charge in [-0.3, -0.25) is 4.79 Å². The highest BCUT2D eigenvalue weighted by Gasteiger charge is 2.23. The molecule has 0 spiro atoms. The maximum Gasteiger partial charge on any atom is 0.136 e. The Labute approximate surface area is 108 Å². The number of hydrogen-bond acceptors (Lipinski definition) is 3. The molecule has 0 N–H and O–H groups in total. The molecule has 0 heterocycles. The van der Waals surface area contributed by atoms with E-state index in [2.05, 4.69) is 0 Å². The summed E-state index contributed by atoms with van der Waals surface area (Å²) in [5, 5.41) is 0. The quantitative estimate of drug-likeness (QED) is 0.775. The molecule has 2 rings (SSSR count). The number of hydrogen-bond donors (Lipinski definition) is 0. The van der Waals surface area contributed by atoms with Crippen LogP contribution in [0.25, 0.3) is 0 Å². The summed E-state index contributed by atoms with van der Waals surface area (Å²) in [6.45, 7) is 3.25. The summed E-state index contributed by atoms with van der Waals surface area (Å²) in [5.74, 6) is 2.33. The molecule has 0 aliphatic heterocycles. The van der Waals surface area contributed by atoms with E-state index in [1.54, 1.807) is 0 Å². The van der Waals surface area contributed by atoms with Gasteiger partial charge in [0.15, 0.2) is 0 Å². The third kappa shape index (κ3) is 3.49. The second-order valence-electron chi connectivity index (χ2n) is 4.60. The van der Waals surface area contributed by atoms with Gasteiger partial charge >= 0.3 is 0 Å². The molecule has 1 atom stereocenters. The molecule has 3 nitrogen and oxygen atoms in total. The third-order valence-electron chi connectivity index (χ3n) is 3.30. The first-order valence-corrected chi connectivity index (χ1v) is 6.68. The van der Waals surface area contributed by atoms with E-state index in [1.807, 2.05) is 31.2 Å². The molecule has 1 aromatic carbocycles. The van der Waals surface area contributed by atoms with Gasteiger partial charge < -0.3 is 9.47 Å². The van der Waals surface area contributed by atoms with Crippen LogP contribution in [0.2, 0.25) is 0 Å². The second-order valence-corrected chi connectivity index (χ2v) is 4.60. The zero-order chi connectivity index (χ0) is 12.8. The molecule has 98 valence electrons. The lowest BCUT2D eigenvalue weighted by atomic mass is 10.0. The number of carbonyl (C=O) groups excluding carboxylic acids is 1. The summed E-state index contributed by atoms with van der Waals surface area (Å²) in [7, 11) is 0. The summed E-state index contributed by atoms with van der Waals surface area (Å²) in [6.07, 6.45) is 3.68. The highest BCUT2D eigenvalue weighted by atomic mass is 16.5. The normalized spacial score (nSPS) is 18.9. The highest BCUT2D eigenvalue weighted by Crippen LogP contribution is 2.25. The van der Waals surface area contributed by atoms with Crippen LogP contribution in [-0.4, -0.2) is 19.0 Å². The molecule has 0 radical (unpaired) electrons. The monoisotopic (exact) mass is 248 g/mol. The van der Waals surface area contributed by atoms with Crippen molar-refractivity contribution in [1.82, 2.24) is 0 Å². The number of carbonyl (C=O) groups is 1. The predicted molar refractivity (Wildman–Crippen MR) is 70.1 cm³/mol. The van der Waals surface area contributed by atoms with Gasteiger partial charge in [-0.25, -0.2) is 0 Å². The van der Waals surface area contributed by atoms with Crippen molar-refractivity contribution in [2.75, 3.05) is 13.2 Å². The van der Waals surface area contributed by atoms with Crippen molar-refractivity contribution in [1.29, 1.82) is 0 Å². The Morgan fingerprint density at radius 3 is 2.39 bits per heavy atom. The number of rotatable bonds is 6. The van der Waals surface area contributed by atoms with Gasteiger partial charge in [-0.1, -0.05) is 0 Å². The SMILES string of the molecule is CCOc1ccc(OCCC2CCCC2=O)cc1. The Morgan fingerprint density at radius 1 is 1.17 bits per heavy atom. The zero-order valence-corrected chi connectivity index (χ0v) is 10.9. The van der Waals surface area contributed by atoms with Gasteiger partial charge in [0.05, 0.1) is 13.2 Å². The summed E-state index contributed by atoms with van der Waals surface area (Å²) < 4.78 is 11.0. The summed E-state index contributed by atoms with van der Waals surface area (Å²) in [6, 6.07) is 7.61. The van der Waals surface area contributed by atoms with Gasteiger partial charge in [0.25, 0.3) is 0 Å². The average molecular weight is 248 g/mol. The number of Topliss-reactive ketones (excluding diaryl/α,β-unsaturated/α-hetero) is 1. The molecule has 0 amide bonds. The molecule has 1 aromatic rings. The molecule has 1 aliphatic rings. The molecule has 1 aliphatic carbocycles. The minimum Gasteiger partial charge on any atom is -0.494 e. The van der Waals surface area contributed by atoms with E-state index in [4.69, 9.17) is 9.47 Å². The largest absolute Gasteiger partial charge is 0.494 e. The summed E-state index contributed by atoms with van der Waals surface area (Å²) in [4.78, 5) is 11.5. The third-order valence-corrected chi connectivity index (χ3v) is 3.30. The van der Waals surface area contributed by atoms with Crippen LogP contribution in [0.4, 0.5) is 0 Å². The highest BCUT2D eigenvalue weighted by molar-refractivity contribution is 5.82. The fourth-order valence-corrected chi connectivity index (χ4v) is 2.31. The lowest BCUT2D eigenvalue weighted by Gasteiger charge is -2.10. The minimum atomic E-state index is 0.229. The molecule has 0 aromatic heterocycles. The fourth-order valence-electron chi connectivity index (χ4n) is 2.31. The first kappa shape index (κ1) is 12.9. The summed E-state index contributed by atoms with van der Waals surface area (Å²) in [5.41, 5.74) is 0. The van der Waals surface area contributed by atoms with E-state index in [9.17, 15) is 4.79 Å². The van der Waals surface area contributed by atoms with Crippen molar-refractivity contribution in [2.24, 2.45) is 5.92 Å². The minimum absolute atomic E-state index is 0.229. The predicted octanol–water partition coefficient (Wildman–Crippen LogP) is 3.22. The van der Waals surface area contributed by atoms with Crippen LogP contribution in [0.5, 0.6) is 11.5 Å². The van der Waals surface area contributed by atoms with Gasteiger partial charge in [-0.15, -0.1) is 0 Å². The lowest BCUT2D eigenvalue weighted by molar-refractivity contribution is -0.121. The van der Waals surface area contributed by atoms with E-state index in [-0.39, 0.29) is 5.92 Å². The molecular formula is C15H20O3. The Kier molecular flexibility index (Phi) is 4.62.